The third-order valence-electron chi connectivity index (χ3n) is 11.1. The van der Waals surface area contributed by atoms with Crippen LogP contribution in [0, 0.1) is 30.7 Å². The first-order valence-corrected chi connectivity index (χ1v) is 18.0. The van der Waals surface area contributed by atoms with Crippen molar-refractivity contribution in [3.63, 3.8) is 0 Å². The predicted octanol–water partition coefficient (Wildman–Crippen LogP) is 12.1. The Balaban J connectivity index is 0.000000279. The van der Waals surface area contributed by atoms with Gasteiger partial charge in [0, 0.05) is 59.2 Å². The summed E-state index contributed by atoms with van der Waals surface area (Å²) in [5.41, 5.74) is 6.95. The molecule has 1 N–H and O–H groups in total. The molecule has 0 fully saturated rings. The summed E-state index contributed by atoms with van der Waals surface area (Å²) in [6.07, 6.45) is 6.40. The van der Waals surface area contributed by atoms with Gasteiger partial charge in [0.2, 0.25) is 5.71 Å². The summed E-state index contributed by atoms with van der Waals surface area (Å²) < 4.78 is 6.23. The zero-order valence-corrected chi connectivity index (χ0v) is 34.4. The van der Waals surface area contributed by atoms with Crippen molar-refractivity contribution in [2.45, 2.75) is 107 Å². The van der Waals surface area contributed by atoms with Gasteiger partial charge in [-0.1, -0.05) is 97.5 Å². The van der Waals surface area contributed by atoms with Crippen molar-refractivity contribution >= 4 is 49.5 Å². The van der Waals surface area contributed by atoms with Crippen molar-refractivity contribution in [2.75, 3.05) is 0 Å². The number of ketones is 1. The average molecular weight is 863 g/mol. The molecule has 271 valence electrons. The van der Waals surface area contributed by atoms with E-state index in [-0.39, 0.29) is 47.9 Å². The molecular weight excluding hydrogens is 811 g/mol. The summed E-state index contributed by atoms with van der Waals surface area (Å²) in [7, 11) is 0. The van der Waals surface area contributed by atoms with Gasteiger partial charge < -0.3 is 9.52 Å². The van der Waals surface area contributed by atoms with Crippen LogP contribution in [0.5, 0.6) is 0 Å². The molecule has 0 aliphatic heterocycles. The minimum absolute atomic E-state index is 0. The van der Waals surface area contributed by atoms with Gasteiger partial charge in [-0.3, -0.25) is 9.78 Å². The molecule has 0 aliphatic carbocycles. The number of hydrogen-bond donors (Lipinski definition) is 1. The molecule has 51 heavy (non-hydrogen) atoms. The summed E-state index contributed by atoms with van der Waals surface area (Å²) in [6, 6.07) is 20.3. The average Bonchev–Trinajstić information content (AvgIpc) is 3.47. The summed E-state index contributed by atoms with van der Waals surface area (Å²) in [5.74, 6) is 0.286. The monoisotopic (exact) mass is 863 g/mol. The topological polar surface area (TPSA) is 89.1 Å². The summed E-state index contributed by atoms with van der Waals surface area (Å²) in [4.78, 5) is 26.2. The maximum absolute atomic E-state index is 12.2. The van der Waals surface area contributed by atoms with Gasteiger partial charge in [-0.2, -0.15) is 0 Å². The second-order valence-electron chi connectivity index (χ2n) is 15.3. The first-order chi connectivity index (χ1) is 23.6. The molecule has 3 heterocycles. The number of carbonyl (C=O) groups is 1. The molecule has 0 aliphatic rings. The molecule has 0 amide bonds. The van der Waals surface area contributed by atoms with E-state index in [4.69, 9.17) is 9.40 Å². The van der Waals surface area contributed by atoms with Crippen LogP contribution in [0.15, 0.2) is 71.1 Å². The first-order valence-electron chi connectivity index (χ1n) is 18.0. The number of furan rings is 1. The number of carbonyl (C=O) groups excluding carboxylic acids is 1. The Morgan fingerprint density at radius 2 is 1.49 bits per heavy atom. The van der Waals surface area contributed by atoms with Crippen LogP contribution in [0.2, 0.25) is 0 Å². The number of rotatable bonds is 8. The third-order valence-corrected chi connectivity index (χ3v) is 11.1. The molecule has 0 atom stereocenters. The molecule has 0 saturated heterocycles. The first kappa shape index (κ1) is 39.8. The van der Waals surface area contributed by atoms with Crippen LogP contribution in [0.3, 0.4) is 0 Å². The zero-order chi connectivity index (χ0) is 36.6. The Hall–Kier alpha value is -3.93. The van der Waals surface area contributed by atoms with Gasteiger partial charge in [-0.25, -0.2) is 9.97 Å². The number of aliphatic hydroxyl groups is 1. The molecular formula is C44H52IrN3O3-. The van der Waals surface area contributed by atoms with Crippen LogP contribution < -0.4 is 0 Å². The van der Waals surface area contributed by atoms with E-state index >= 15 is 0 Å². The number of aromatic nitrogens is 3. The van der Waals surface area contributed by atoms with Gasteiger partial charge in [-0.05, 0) is 79.0 Å². The van der Waals surface area contributed by atoms with E-state index in [1.54, 1.807) is 6.33 Å². The minimum atomic E-state index is -0.337. The maximum atomic E-state index is 12.2. The largest absolute Gasteiger partial charge is 0.512 e. The summed E-state index contributed by atoms with van der Waals surface area (Å²) >= 11 is 0. The summed E-state index contributed by atoms with van der Waals surface area (Å²) in [6.45, 7) is 23.0. The molecule has 0 spiro atoms. The number of aryl methyl sites for hydroxylation is 2. The van der Waals surface area contributed by atoms with Gasteiger partial charge in [0.05, 0.1) is 11.1 Å². The zero-order valence-electron chi connectivity index (χ0n) is 32.0. The summed E-state index contributed by atoms with van der Waals surface area (Å²) in [5, 5.41) is 15.5. The van der Waals surface area contributed by atoms with E-state index in [0.717, 1.165) is 69.9 Å². The molecule has 6 rings (SSSR count). The van der Waals surface area contributed by atoms with Crippen LogP contribution in [0.1, 0.15) is 105 Å². The second-order valence-corrected chi connectivity index (χ2v) is 15.3. The van der Waals surface area contributed by atoms with Crippen molar-refractivity contribution in [1.82, 2.24) is 15.0 Å². The second kappa shape index (κ2) is 15.4. The van der Waals surface area contributed by atoms with Gasteiger partial charge in [0.1, 0.15) is 12.1 Å². The van der Waals surface area contributed by atoms with E-state index in [0.29, 0.717) is 5.71 Å². The Morgan fingerprint density at radius 3 is 2.12 bits per heavy atom. The van der Waals surface area contributed by atoms with Crippen LogP contribution in [-0.2, 0) is 30.3 Å². The molecule has 6 nitrogen and oxygen atoms in total. The number of nitrogens with zero attached hydrogens (tertiary/aromatic N) is 3. The maximum Gasteiger partial charge on any atom is 0.216 e. The van der Waals surface area contributed by atoms with E-state index in [2.05, 4.69) is 74.1 Å². The molecule has 6 aromatic rings. The number of allylic oxidation sites excluding steroid dienone is 2. The van der Waals surface area contributed by atoms with Crippen molar-refractivity contribution in [3.05, 3.63) is 89.6 Å². The van der Waals surface area contributed by atoms with E-state index in [1.165, 1.54) is 28.0 Å². The van der Waals surface area contributed by atoms with Crippen LogP contribution in [-0.4, -0.2) is 25.8 Å². The van der Waals surface area contributed by atoms with E-state index in [1.807, 2.05) is 66.7 Å². The SMILES string of the molecule is CCC(C)(CC)C(=O)/C=C(\O)C(C)(CC)CC.Cc1ccc2c(n1)oc1c(-c3ncnc4c3ccc3cc(C(C)(C)C)cc(C)c34)[c-]ccc12.[Ir]. The Bertz CT molecular complexity index is 2230. The predicted molar refractivity (Wildman–Crippen MR) is 208 cm³/mol. The van der Waals surface area contributed by atoms with Gasteiger partial charge in [-0.15, -0.1) is 18.2 Å². The normalized spacial score (nSPS) is 12.6. The van der Waals surface area contributed by atoms with Crippen molar-refractivity contribution < 1.29 is 34.4 Å². The van der Waals surface area contributed by atoms with Crippen LogP contribution in [0.4, 0.5) is 0 Å². The standard InChI is InChI=1S/C29H24N3O.C15H28O2.Ir/c1-16-13-19(29(3,4)5)14-18-10-12-22-25(30-15-31-26(22)24(16)18)23-8-6-7-20-21-11-9-17(2)32-28(21)33-27(20)23;1-7-14(5,8-2)12(16)11-13(17)15(6,9-3)10-4;/h6-7,9-15H,1-5H3;11,16H,7-10H2,1-6H3;/q-1;;/b;12-11-;. The number of aliphatic hydroxyl groups excluding tert-OH is 1. The fraction of sp³-hybridized carbons (Fsp3) is 0.409. The number of fused-ring (bicyclic) bond motifs is 6. The Morgan fingerprint density at radius 1 is 0.843 bits per heavy atom. The molecule has 0 bridgehead atoms. The number of benzene rings is 3. The third kappa shape index (κ3) is 7.66. The van der Waals surface area contributed by atoms with Crippen molar-refractivity contribution in [3.8, 4) is 11.3 Å². The Kier molecular flexibility index (Phi) is 12.0. The molecule has 7 heteroatoms. The van der Waals surface area contributed by atoms with Crippen LogP contribution in [0.25, 0.3) is 55.0 Å². The molecule has 1 radical (unpaired) electrons. The fourth-order valence-corrected chi connectivity index (χ4v) is 6.40. The van der Waals surface area contributed by atoms with Crippen molar-refractivity contribution in [2.24, 2.45) is 10.8 Å². The minimum Gasteiger partial charge on any atom is -0.512 e. The van der Waals surface area contributed by atoms with E-state index in [9.17, 15) is 9.90 Å². The molecule has 0 unspecified atom stereocenters. The van der Waals surface area contributed by atoms with E-state index < -0.39 is 0 Å². The van der Waals surface area contributed by atoms with Crippen molar-refractivity contribution in [1.29, 1.82) is 0 Å². The molecule has 3 aromatic carbocycles. The van der Waals surface area contributed by atoms with Gasteiger partial charge in [0.25, 0.3) is 0 Å². The number of hydrogen-bond acceptors (Lipinski definition) is 6. The van der Waals surface area contributed by atoms with Gasteiger partial charge >= 0.3 is 0 Å². The number of pyridine rings is 1. The quantitative estimate of drug-likeness (QED) is 0.0710. The fourth-order valence-electron chi connectivity index (χ4n) is 6.40. The van der Waals surface area contributed by atoms with Crippen LogP contribution >= 0.6 is 0 Å². The van der Waals surface area contributed by atoms with Gasteiger partial charge in [0.15, 0.2) is 5.78 Å². The Labute approximate surface area is 316 Å². The molecule has 0 saturated carbocycles. The molecule has 3 aromatic heterocycles. The smallest absolute Gasteiger partial charge is 0.216 e.